The minimum Gasteiger partial charge on any atom is -0.357 e. The van der Waals surface area contributed by atoms with Gasteiger partial charge in [-0.15, -0.1) is 0 Å². The summed E-state index contributed by atoms with van der Waals surface area (Å²) in [5, 5.41) is 0. The van der Waals surface area contributed by atoms with E-state index in [9.17, 15) is 4.79 Å². The van der Waals surface area contributed by atoms with E-state index in [4.69, 9.17) is 4.74 Å². The first-order valence-corrected chi connectivity index (χ1v) is 9.59. The zero-order chi connectivity index (χ0) is 18.1. The summed E-state index contributed by atoms with van der Waals surface area (Å²) in [5.41, 5.74) is 0.511. The lowest BCUT2D eigenvalue weighted by atomic mass is 9.79. The van der Waals surface area contributed by atoms with Crippen LogP contribution in [0.15, 0.2) is 30.3 Å². The minimum absolute atomic E-state index is 0.129. The van der Waals surface area contributed by atoms with Crippen molar-refractivity contribution in [3.8, 4) is 0 Å². The molecule has 1 amide bonds. The van der Waals surface area contributed by atoms with Crippen LogP contribution in [0, 0.1) is 0 Å². The summed E-state index contributed by atoms with van der Waals surface area (Å²) in [6.45, 7) is 8.42. The molecule has 1 saturated heterocycles. The van der Waals surface area contributed by atoms with E-state index in [1.165, 1.54) is 5.56 Å². The summed E-state index contributed by atoms with van der Waals surface area (Å²) in [6, 6.07) is 11.2. The Labute approximate surface area is 152 Å². The van der Waals surface area contributed by atoms with E-state index < -0.39 is 5.60 Å². The number of carbonyl (C=O) groups excluding carboxylic acids is 1. The van der Waals surface area contributed by atoms with Crippen LogP contribution in [0.25, 0.3) is 0 Å². The van der Waals surface area contributed by atoms with Crippen LogP contribution in [0.4, 0.5) is 0 Å². The average Bonchev–Trinajstić information content (AvgIpc) is 2.59. The van der Waals surface area contributed by atoms with Crippen molar-refractivity contribution >= 4 is 5.91 Å². The maximum absolute atomic E-state index is 12.5. The van der Waals surface area contributed by atoms with Gasteiger partial charge in [0.25, 0.3) is 5.91 Å². The molecule has 1 aromatic carbocycles. The van der Waals surface area contributed by atoms with Gasteiger partial charge in [-0.05, 0) is 59.1 Å². The molecule has 4 heteroatoms. The molecular formula is C21H32N2O2. The van der Waals surface area contributed by atoms with Gasteiger partial charge in [-0.1, -0.05) is 30.3 Å². The van der Waals surface area contributed by atoms with E-state index in [1.807, 2.05) is 18.7 Å². The standard InChI is InChI=1S/C21H32N2O2/c1-5-23-16-21(25-20(2,3)19(23)24)13-11-18(12-14-21)22(4)15-17-9-7-6-8-10-17/h6-10,18H,5,11-16H2,1-4H3. The molecule has 1 saturated carbocycles. The van der Waals surface area contributed by atoms with Crippen molar-refractivity contribution < 1.29 is 9.53 Å². The van der Waals surface area contributed by atoms with E-state index in [-0.39, 0.29) is 11.5 Å². The van der Waals surface area contributed by atoms with Crippen molar-refractivity contribution in [2.24, 2.45) is 0 Å². The van der Waals surface area contributed by atoms with Crippen LogP contribution in [0.3, 0.4) is 0 Å². The minimum atomic E-state index is -0.697. The van der Waals surface area contributed by atoms with Crippen LogP contribution in [-0.4, -0.2) is 53.1 Å². The van der Waals surface area contributed by atoms with Gasteiger partial charge in [-0.2, -0.15) is 0 Å². The Hall–Kier alpha value is -1.39. The second-order valence-corrected chi connectivity index (χ2v) is 8.25. The van der Waals surface area contributed by atoms with Gasteiger partial charge in [0.15, 0.2) is 0 Å². The molecule has 0 radical (unpaired) electrons. The molecule has 1 heterocycles. The molecule has 0 N–H and O–H groups in total. The first kappa shape index (κ1) is 18.4. The molecule has 0 unspecified atom stereocenters. The van der Waals surface area contributed by atoms with Crippen molar-refractivity contribution in [3.63, 3.8) is 0 Å². The fraction of sp³-hybridized carbons (Fsp3) is 0.667. The Morgan fingerprint density at radius 3 is 2.44 bits per heavy atom. The highest BCUT2D eigenvalue weighted by atomic mass is 16.5. The highest BCUT2D eigenvalue weighted by Crippen LogP contribution is 2.41. The van der Waals surface area contributed by atoms with Crippen molar-refractivity contribution in [2.75, 3.05) is 20.1 Å². The Kier molecular flexibility index (Phi) is 5.21. The third-order valence-corrected chi connectivity index (χ3v) is 5.90. The van der Waals surface area contributed by atoms with Gasteiger partial charge >= 0.3 is 0 Å². The van der Waals surface area contributed by atoms with E-state index in [2.05, 4.69) is 49.2 Å². The molecule has 1 spiro atoms. The molecule has 2 fully saturated rings. The summed E-state index contributed by atoms with van der Waals surface area (Å²) in [7, 11) is 2.23. The van der Waals surface area contributed by atoms with Crippen LogP contribution in [0.5, 0.6) is 0 Å². The zero-order valence-corrected chi connectivity index (χ0v) is 16.1. The smallest absolute Gasteiger partial charge is 0.254 e. The number of likely N-dealkylation sites (N-methyl/N-ethyl adjacent to an activating group) is 1. The van der Waals surface area contributed by atoms with Gasteiger partial charge < -0.3 is 9.64 Å². The quantitative estimate of drug-likeness (QED) is 0.838. The lowest BCUT2D eigenvalue weighted by molar-refractivity contribution is -0.215. The normalized spacial score (nSPS) is 29.4. The molecule has 0 atom stereocenters. The van der Waals surface area contributed by atoms with E-state index in [0.29, 0.717) is 6.04 Å². The third kappa shape index (κ3) is 3.90. The van der Waals surface area contributed by atoms with E-state index >= 15 is 0 Å². The second kappa shape index (κ2) is 7.08. The van der Waals surface area contributed by atoms with E-state index in [1.54, 1.807) is 0 Å². The number of carbonyl (C=O) groups is 1. The average molecular weight is 344 g/mol. The number of rotatable bonds is 4. The van der Waals surface area contributed by atoms with Gasteiger partial charge in [0.2, 0.25) is 0 Å². The number of morpholine rings is 1. The number of nitrogens with zero attached hydrogens (tertiary/aromatic N) is 2. The molecular weight excluding hydrogens is 312 g/mol. The number of amides is 1. The Morgan fingerprint density at radius 2 is 1.84 bits per heavy atom. The molecule has 2 aliphatic rings. The largest absolute Gasteiger partial charge is 0.357 e. The van der Waals surface area contributed by atoms with Gasteiger partial charge in [-0.3, -0.25) is 9.69 Å². The fourth-order valence-corrected chi connectivity index (χ4v) is 4.50. The Bertz CT molecular complexity index is 591. The first-order chi connectivity index (χ1) is 11.9. The van der Waals surface area contributed by atoms with Crippen LogP contribution in [0.1, 0.15) is 52.0 Å². The van der Waals surface area contributed by atoms with Crippen molar-refractivity contribution in [1.29, 1.82) is 0 Å². The summed E-state index contributed by atoms with van der Waals surface area (Å²) in [5.74, 6) is 0.129. The van der Waals surface area contributed by atoms with Crippen LogP contribution < -0.4 is 0 Å². The van der Waals surface area contributed by atoms with Crippen molar-refractivity contribution in [1.82, 2.24) is 9.80 Å². The van der Waals surface area contributed by atoms with Crippen LogP contribution >= 0.6 is 0 Å². The summed E-state index contributed by atoms with van der Waals surface area (Å²) in [6.07, 6.45) is 4.32. The number of hydrogen-bond donors (Lipinski definition) is 0. The SMILES string of the molecule is CCN1CC2(CCC(N(C)Cc3ccccc3)CC2)OC(C)(C)C1=O. The molecule has 4 nitrogen and oxygen atoms in total. The second-order valence-electron chi connectivity index (χ2n) is 8.25. The van der Waals surface area contributed by atoms with Crippen LogP contribution in [-0.2, 0) is 16.1 Å². The number of hydrogen-bond acceptors (Lipinski definition) is 3. The summed E-state index contributed by atoms with van der Waals surface area (Å²) < 4.78 is 6.38. The Balaban J connectivity index is 1.62. The number of ether oxygens (including phenoxy) is 1. The lowest BCUT2D eigenvalue weighted by Crippen LogP contribution is -2.64. The summed E-state index contributed by atoms with van der Waals surface area (Å²) in [4.78, 5) is 16.9. The zero-order valence-electron chi connectivity index (χ0n) is 16.1. The topological polar surface area (TPSA) is 32.8 Å². The molecule has 0 aromatic heterocycles. The molecule has 1 aromatic rings. The van der Waals surface area contributed by atoms with Gasteiger partial charge in [0.1, 0.15) is 5.60 Å². The monoisotopic (exact) mass is 344 g/mol. The van der Waals surface area contributed by atoms with Gasteiger partial charge in [-0.25, -0.2) is 0 Å². The molecule has 1 aliphatic heterocycles. The first-order valence-electron chi connectivity index (χ1n) is 9.59. The lowest BCUT2D eigenvalue weighted by Gasteiger charge is -2.52. The molecule has 0 bridgehead atoms. The molecule has 3 rings (SSSR count). The highest BCUT2D eigenvalue weighted by molar-refractivity contribution is 5.85. The maximum Gasteiger partial charge on any atom is 0.254 e. The van der Waals surface area contributed by atoms with Gasteiger partial charge in [0, 0.05) is 25.7 Å². The molecule has 25 heavy (non-hydrogen) atoms. The predicted octanol–water partition coefficient (Wildman–Crippen LogP) is 3.46. The fourth-order valence-electron chi connectivity index (χ4n) is 4.50. The van der Waals surface area contributed by atoms with E-state index in [0.717, 1.165) is 45.3 Å². The molecule has 138 valence electrons. The predicted molar refractivity (Wildman–Crippen MR) is 100 cm³/mol. The van der Waals surface area contributed by atoms with Crippen LogP contribution in [0.2, 0.25) is 0 Å². The Morgan fingerprint density at radius 1 is 1.20 bits per heavy atom. The summed E-state index contributed by atoms with van der Waals surface area (Å²) >= 11 is 0. The maximum atomic E-state index is 12.5. The third-order valence-electron chi connectivity index (χ3n) is 5.90. The van der Waals surface area contributed by atoms with Crippen molar-refractivity contribution in [2.45, 2.75) is 70.2 Å². The number of benzene rings is 1. The highest BCUT2D eigenvalue weighted by Gasteiger charge is 2.50. The van der Waals surface area contributed by atoms with Crippen molar-refractivity contribution in [3.05, 3.63) is 35.9 Å². The van der Waals surface area contributed by atoms with Gasteiger partial charge in [0.05, 0.1) is 5.60 Å². The molecule has 1 aliphatic carbocycles.